The van der Waals surface area contributed by atoms with Gasteiger partial charge in [-0.15, -0.1) is 0 Å². The minimum Gasteiger partial charge on any atom is -0.481 e. The van der Waals surface area contributed by atoms with Crippen LogP contribution in [0.25, 0.3) is 0 Å². The average molecular weight is 324 g/mol. The maximum absolute atomic E-state index is 12.6. The number of nitrogens with zero attached hydrogens (tertiary/aromatic N) is 1. The van der Waals surface area contributed by atoms with Crippen molar-refractivity contribution >= 4 is 17.6 Å². The van der Waals surface area contributed by atoms with Gasteiger partial charge in [-0.25, -0.2) is 0 Å². The maximum Gasteiger partial charge on any atom is 0.307 e. The summed E-state index contributed by atoms with van der Waals surface area (Å²) in [6.45, 7) is 3.67. The van der Waals surface area contributed by atoms with E-state index in [1.807, 2.05) is 38.1 Å². The Morgan fingerprint density at radius 2 is 1.75 bits per heavy atom. The number of allylic oxidation sites excluding steroid dienone is 2. The first-order chi connectivity index (χ1) is 11.3. The first-order valence-electron chi connectivity index (χ1n) is 8.07. The highest BCUT2D eigenvalue weighted by Crippen LogP contribution is 2.48. The van der Waals surface area contributed by atoms with Gasteiger partial charge >= 0.3 is 5.97 Å². The van der Waals surface area contributed by atoms with E-state index < -0.39 is 23.2 Å². The van der Waals surface area contributed by atoms with Crippen LogP contribution in [-0.2, 0) is 15.0 Å². The van der Waals surface area contributed by atoms with Gasteiger partial charge in [-0.1, -0.05) is 24.3 Å². The molecule has 5 heteroatoms. The highest BCUT2D eigenvalue weighted by Gasteiger charge is 2.51. The Labute approximate surface area is 141 Å². The summed E-state index contributed by atoms with van der Waals surface area (Å²) in [6, 6.07) is 9.38. The SMILES string of the molecule is CC(C)(C#N)c1ccc(NC(=O)C2C3C=CC(C3)C2C(=O)O)cc1. The summed E-state index contributed by atoms with van der Waals surface area (Å²) in [6.07, 6.45) is 4.63. The quantitative estimate of drug-likeness (QED) is 0.833. The lowest BCUT2D eigenvalue weighted by Crippen LogP contribution is -2.36. The average Bonchev–Trinajstić information content (AvgIpc) is 3.16. The molecule has 4 unspecified atom stereocenters. The Kier molecular flexibility index (Phi) is 3.92. The molecule has 1 amide bonds. The number of anilines is 1. The number of amides is 1. The third kappa shape index (κ3) is 2.69. The van der Waals surface area contributed by atoms with Crippen molar-refractivity contribution in [1.29, 1.82) is 5.26 Å². The van der Waals surface area contributed by atoms with E-state index in [0.29, 0.717) is 5.69 Å². The molecule has 0 saturated heterocycles. The standard InChI is InChI=1S/C19H20N2O3/c1-19(2,10-20)13-5-7-14(8-6-13)21-17(22)15-11-3-4-12(9-11)16(15)18(23)24/h3-8,11-12,15-16H,9H2,1-2H3,(H,21,22)(H,23,24). The number of benzene rings is 1. The maximum atomic E-state index is 12.6. The van der Waals surface area contributed by atoms with Crippen LogP contribution in [0.15, 0.2) is 36.4 Å². The summed E-state index contributed by atoms with van der Waals surface area (Å²) in [4.78, 5) is 24.1. The van der Waals surface area contributed by atoms with E-state index in [0.717, 1.165) is 12.0 Å². The number of carboxylic acid groups (broad SMARTS) is 1. The van der Waals surface area contributed by atoms with Crippen molar-refractivity contribution < 1.29 is 14.7 Å². The molecule has 1 aromatic rings. The molecule has 5 nitrogen and oxygen atoms in total. The summed E-state index contributed by atoms with van der Waals surface area (Å²) in [5.74, 6) is -2.34. The van der Waals surface area contributed by atoms with Gasteiger partial charge in [0.1, 0.15) is 0 Å². The number of nitriles is 1. The van der Waals surface area contributed by atoms with Gasteiger partial charge in [0.05, 0.1) is 23.3 Å². The zero-order valence-electron chi connectivity index (χ0n) is 13.7. The van der Waals surface area contributed by atoms with Crippen LogP contribution in [0, 0.1) is 35.0 Å². The normalized spacial score (nSPS) is 27.7. The van der Waals surface area contributed by atoms with E-state index in [-0.39, 0.29) is 17.7 Å². The summed E-state index contributed by atoms with van der Waals surface area (Å²) in [7, 11) is 0. The molecule has 1 fully saturated rings. The Morgan fingerprint density at radius 3 is 2.29 bits per heavy atom. The minimum absolute atomic E-state index is 0.00731. The predicted molar refractivity (Wildman–Crippen MR) is 89.1 cm³/mol. The van der Waals surface area contributed by atoms with Crippen molar-refractivity contribution in [3.8, 4) is 6.07 Å². The molecule has 0 aliphatic heterocycles. The second-order valence-electron chi connectivity index (χ2n) is 7.14. The number of carbonyl (C=O) groups is 2. The van der Waals surface area contributed by atoms with Gasteiger partial charge in [0, 0.05) is 5.69 Å². The number of fused-ring (bicyclic) bond motifs is 2. The van der Waals surface area contributed by atoms with Crippen LogP contribution in [0.4, 0.5) is 5.69 Å². The zero-order valence-corrected chi connectivity index (χ0v) is 13.7. The molecule has 1 saturated carbocycles. The van der Waals surface area contributed by atoms with Gasteiger partial charge < -0.3 is 10.4 Å². The molecule has 3 rings (SSSR count). The van der Waals surface area contributed by atoms with Crippen LogP contribution < -0.4 is 5.32 Å². The van der Waals surface area contributed by atoms with Gasteiger partial charge in [0.2, 0.25) is 5.91 Å². The first kappa shape index (κ1) is 16.3. The molecule has 0 aromatic heterocycles. The molecule has 2 N–H and O–H groups in total. The summed E-state index contributed by atoms with van der Waals surface area (Å²) in [5.41, 5.74) is 0.898. The van der Waals surface area contributed by atoms with Crippen LogP contribution in [0.3, 0.4) is 0 Å². The number of hydrogen-bond acceptors (Lipinski definition) is 3. The van der Waals surface area contributed by atoms with Crippen LogP contribution in [0.2, 0.25) is 0 Å². The Hall–Kier alpha value is -2.61. The van der Waals surface area contributed by atoms with Crippen LogP contribution in [-0.4, -0.2) is 17.0 Å². The van der Waals surface area contributed by atoms with Gasteiger partial charge in [-0.05, 0) is 49.8 Å². The second-order valence-corrected chi connectivity index (χ2v) is 7.14. The monoisotopic (exact) mass is 324 g/mol. The van der Waals surface area contributed by atoms with Crippen LogP contribution >= 0.6 is 0 Å². The van der Waals surface area contributed by atoms with E-state index in [9.17, 15) is 14.7 Å². The highest BCUT2D eigenvalue weighted by atomic mass is 16.4. The van der Waals surface area contributed by atoms with Gasteiger partial charge in [-0.3, -0.25) is 9.59 Å². The topological polar surface area (TPSA) is 90.2 Å². The third-order valence-corrected chi connectivity index (χ3v) is 5.20. The zero-order chi connectivity index (χ0) is 17.5. The van der Waals surface area contributed by atoms with E-state index in [1.165, 1.54) is 0 Å². The van der Waals surface area contributed by atoms with Crippen LogP contribution in [0.1, 0.15) is 25.8 Å². The smallest absolute Gasteiger partial charge is 0.307 e. The number of nitrogens with one attached hydrogen (secondary N) is 1. The fraction of sp³-hybridized carbons (Fsp3) is 0.421. The molecule has 2 bridgehead atoms. The van der Waals surface area contributed by atoms with Crippen molar-refractivity contribution in [2.45, 2.75) is 25.7 Å². The summed E-state index contributed by atoms with van der Waals surface area (Å²) in [5, 5.41) is 21.4. The van der Waals surface area contributed by atoms with Crippen molar-refractivity contribution in [3.63, 3.8) is 0 Å². The molecule has 0 heterocycles. The van der Waals surface area contributed by atoms with Crippen LogP contribution in [0.5, 0.6) is 0 Å². The van der Waals surface area contributed by atoms with Crippen molar-refractivity contribution in [2.24, 2.45) is 23.7 Å². The number of carbonyl (C=O) groups excluding carboxylic acids is 1. The Balaban J connectivity index is 1.75. The van der Waals surface area contributed by atoms with E-state index in [1.54, 1.807) is 12.1 Å². The van der Waals surface area contributed by atoms with Crippen molar-refractivity contribution in [3.05, 3.63) is 42.0 Å². The predicted octanol–water partition coefficient (Wildman–Crippen LogP) is 2.95. The lowest BCUT2D eigenvalue weighted by molar-refractivity contribution is -0.146. The lowest BCUT2D eigenvalue weighted by atomic mass is 9.82. The van der Waals surface area contributed by atoms with Crippen molar-refractivity contribution in [1.82, 2.24) is 0 Å². The molecule has 0 spiro atoms. The number of carboxylic acids is 1. The van der Waals surface area contributed by atoms with Gasteiger partial charge in [0.25, 0.3) is 0 Å². The molecule has 2 aliphatic carbocycles. The molecule has 124 valence electrons. The fourth-order valence-electron chi connectivity index (χ4n) is 3.78. The molecule has 2 aliphatic rings. The largest absolute Gasteiger partial charge is 0.481 e. The second kappa shape index (κ2) is 5.79. The van der Waals surface area contributed by atoms with E-state index in [4.69, 9.17) is 5.26 Å². The number of aliphatic carboxylic acids is 1. The summed E-state index contributed by atoms with van der Waals surface area (Å²) < 4.78 is 0. The Morgan fingerprint density at radius 1 is 1.17 bits per heavy atom. The van der Waals surface area contributed by atoms with Gasteiger partial charge in [0.15, 0.2) is 0 Å². The summed E-state index contributed by atoms with van der Waals surface area (Å²) >= 11 is 0. The van der Waals surface area contributed by atoms with Gasteiger partial charge in [-0.2, -0.15) is 5.26 Å². The van der Waals surface area contributed by atoms with E-state index in [2.05, 4.69) is 11.4 Å². The number of rotatable bonds is 4. The number of hydrogen-bond donors (Lipinski definition) is 2. The fourth-order valence-corrected chi connectivity index (χ4v) is 3.78. The lowest BCUT2D eigenvalue weighted by Gasteiger charge is -2.24. The molecular weight excluding hydrogens is 304 g/mol. The minimum atomic E-state index is -0.905. The third-order valence-electron chi connectivity index (χ3n) is 5.20. The van der Waals surface area contributed by atoms with E-state index >= 15 is 0 Å². The Bertz CT molecular complexity index is 743. The molecular formula is C19H20N2O3. The van der Waals surface area contributed by atoms with Crippen molar-refractivity contribution in [2.75, 3.05) is 5.32 Å². The highest BCUT2D eigenvalue weighted by molar-refractivity contribution is 5.96. The first-order valence-corrected chi connectivity index (χ1v) is 8.07. The molecule has 0 radical (unpaired) electrons. The molecule has 24 heavy (non-hydrogen) atoms. The molecule has 1 aromatic carbocycles. The molecule has 4 atom stereocenters.